The molecule has 0 amide bonds. The van der Waals surface area contributed by atoms with E-state index in [2.05, 4.69) is 22.4 Å². The van der Waals surface area contributed by atoms with Crippen LogP contribution < -0.4 is 10.5 Å². The molecular weight excluding hydrogens is 420 g/mol. The maximum atomic E-state index is 11.0. The second kappa shape index (κ2) is 9.23. The smallest absolute Gasteiger partial charge is 0.351 e. The summed E-state index contributed by atoms with van der Waals surface area (Å²) >= 11 is 1.60. The number of benzene rings is 3. The summed E-state index contributed by atoms with van der Waals surface area (Å²) in [6.07, 6.45) is 6.92. The zero-order chi connectivity index (χ0) is 22.6. The second-order valence-electron chi connectivity index (χ2n) is 7.50. The van der Waals surface area contributed by atoms with Gasteiger partial charge in [0.1, 0.15) is 11.4 Å². The molecule has 0 radical (unpaired) electrons. The number of ether oxygens (including phenoxy) is 1. The van der Waals surface area contributed by atoms with E-state index in [0.717, 1.165) is 27.3 Å². The molecule has 5 nitrogen and oxygen atoms in total. The minimum atomic E-state index is -1.13. The highest BCUT2D eigenvalue weighted by molar-refractivity contribution is 7.97. The predicted molar refractivity (Wildman–Crippen MR) is 127 cm³/mol. The third kappa shape index (κ3) is 4.80. The Hall–Kier alpha value is -3.66. The molecule has 6 heteroatoms. The van der Waals surface area contributed by atoms with Crippen LogP contribution in [0, 0.1) is 12.3 Å². The lowest BCUT2D eigenvalue weighted by Gasteiger charge is -2.49. The van der Waals surface area contributed by atoms with E-state index in [1.165, 1.54) is 6.08 Å². The first-order valence-corrected chi connectivity index (χ1v) is 10.8. The summed E-state index contributed by atoms with van der Waals surface area (Å²) in [7, 11) is 0. The first-order valence-electron chi connectivity index (χ1n) is 10.0. The van der Waals surface area contributed by atoms with Crippen molar-refractivity contribution in [2.45, 2.75) is 10.5 Å². The van der Waals surface area contributed by atoms with E-state index in [0.29, 0.717) is 13.1 Å². The highest BCUT2D eigenvalue weighted by atomic mass is 32.2. The molecule has 3 N–H and O–H groups in total. The van der Waals surface area contributed by atoms with Gasteiger partial charge in [-0.3, -0.25) is 0 Å². The van der Waals surface area contributed by atoms with Gasteiger partial charge in [0.25, 0.3) is 0 Å². The van der Waals surface area contributed by atoms with Crippen molar-refractivity contribution >= 4 is 24.0 Å². The lowest BCUT2D eigenvalue weighted by atomic mass is 9.87. The van der Waals surface area contributed by atoms with E-state index in [9.17, 15) is 4.79 Å². The van der Waals surface area contributed by atoms with E-state index >= 15 is 0 Å². The van der Waals surface area contributed by atoms with Gasteiger partial charge in [-0.2, -0.15) is 0 Å². The summed E-state index contributed by atoms with van der Waals surface area (Å²) in [6.45, 7) is 1.38. The lowest BCUT2D eigenvalue weighted by Crippen LogP contribution is -2.59. The van der Waals surface area contributed by atoms with Crippen LogP contribution in [0.3, 0.4) is 0 Å². The van der Waals surface area contributed by atoms with Crippen LogP contribution in [0.25, 0.3) is 6.08 Å². The van der Waals surface area contributed by atoms with Gasteiger partial charge >= 0.3 is 5.97 Å². The van der Waals surface area contributed by atoms with Gasteiger partial charge in [-0.15, -0.1) is 6.42 Å². The van der Waals surface area contributed by atoms with Gasteiger partial charge in [0, 0.05) is 10.5 Å². The Balaban J connectivity index is 1.50. The first kappa shape index (κ1) is 21.6. The van der Waals surface area contributed by atoms with Gasteiger partial charge in [0.2, 0.25) is 0 Å². The van der Waals surface area contributed by atoms with Crippen molar-refractivity contribution in [2.24, 2.45) is 5.73 Å². The van der Waals surface area contributed by atoms with Crippen molar-refractivity contribution in [3.63, 3.8) is 0 Å². The molecule has 0 unspecified atom stereocenters. The second-order valence-corrected chi connectivity index (χ2v) is 8.67. The van der Waals surface area contributed by atoms with E-state index < -0.39 is 11.6 Å². The van der Waals surface area contributed by atoms with Crippen LogP contribution in [0.15, 0.2) is 89.5 Å². The summed E-state index contributed by atoms with van der Waals surface area (Å²) in [6, 6.07) is 25.4. The third-order valence-corrected chi connectivity index (χ3v) is 6.14. The quantitative estimate of drug-likeness (QED) is 0.322. The van der Waals surface area contributed by atoms with Gasteiger partial charge in [0.05, 0.1) is 13.1 Å². The fourth-order valence-corrected chi connectivity index (χ4v) is 4.70. The molecule has 0 atom stereocenters. The molecule has 0 spiro atoms. The van der Waals surface area contributed by atoms with Crippen molar-refractivity contribution in [3.05, 3.63) is 101 Å². The molecule has 0 aromatic heterocycles. The fourth-order valence-electron chi connectivity index (χ4n) is 3.53. The maximum Gasteiger partial charge on any atom is 0.351 e. The molecule has 1 heterocycles. The van der Waals surface area contributed by atoms with Crippen molar-refractivity contribution < 1.29 is 14.6 Å². The molecule has 1 fully saturated rings. The minimum absolute atomic E-state index is 0.191. The van der Waals surface area contributed by atoms with Crippen LogP contribution in [-0.4, -0.2) is 28.5 Å². The molecule has 1 saturated heterocycles. The number of carboxylic acids is 1. The molecule has 3 aromatic carbocycles. The zero-order valence-electron chi connectivity index (χ0n) is 17.3. The van der Waals surface area contributed by atoms with Crippen LogP contribution in [-0.2, 0) is 10.4 Å². The number of hydrogen-bond donors (Lipinski definition) is 2. The van der Waals surface area contributed by atoms with E-state index in [1.54, 1.807) is 11.9 Å². The molecular formula is C26H22N2O3S. The average molecular weight is 443 g/mol. The molecule has 4 rings (SSSR count). The monoisotopic (exact) mass is 442 g/mol. The Bertz CT molecular complexity index is 1180. The Morgan fingerprint density at radius 3 is 2.47 bits per heavy atom. The summed E-state index contributed by atoms with van der Waals surface area (Å²) in [4.78, 5) is 12.0. The maximum absolute atomic E-state index is 11.0. The molecule has 32 heavy (non-hydrogen) atoms. The Morgan fingerprint density at radius 1 is 1.09 bits per heavy atom. The Kier molecular flexibility index (Phi) is 6.22. The fraction of sp³-hybridized carbons (Fsp3) is 0.115. The van der Waals surface area contributed by atoms with E-state index in [4.69, 9.17) is 22.0 Å². The van der Waals surface area contributed by atoms with Crippen LogP contribution in [0.5, 0.6) is 5.75 Å². The van der Waals surface area contributed by atoms with Crippen molar-refractivity contribution in [1.82, 2.24) is 4.31 Å². The van der Waals surface area contributed by atoms with E-state index in [-0.39, 0.29) is 5.70 Å². The van der Waals surface area contributed by atoms with Crippen LogP contribution in [0.2, 0.25) is 0 Å². The summed E-state index contributed by atoms with van der Waals surface area (Å²) in [5.74, 6) is 2.26. The predicted octanol–water partition coefficient (Wildman–Crippen LogP) is 4.35. The normalized spacial score (nSPS) is 15.4. The number of rotatable bonds is 7. The highest BCUT2D eigenvalue weighted by Gasteiger charge is 2.47. The molecule has 160 valence electrons. The molecule has 1 aliphatic heterocycles. The lowest BCUT2D eigenvalue weighted by molar-refractivity contribution is -0.132. The summed E-state index contributed by atoms with van der Waals surface area (Å²) < 4.78 is 8.69. The van der Waals surface area contributed by atoms with Gasteiger partial charge < -0.3 is 15.6 Å². The summed E-state index contributed by atoms with van der Waals surface area (Å²) in [5.41, 5.74) is 7.57. The molecule has 0 bridgehead atoms. The van der Waals surface area contributed by atoms with Crippen molar-refractivity contribution in [2.75, 3.05) is 13.1 Å². The first-order chi connectivity index (χ1) is 15.5. The molecule has 1 aliphatic rings. The number of hydrogen-bond acceptors (Lipinski definition) is 5. The standard InChI is InChI=1S/C26H22N2O3S/c1-2-19-11-13-22(14-12-19)31-26(21-8-4-3-5-9-21)17-28(18-26)32-23-10-6-7-20(15-23)16-24(27)25(29)30/h1,3-16H,17-18,27H2,(H,29,30)/b24-16+. The summed E-state index contributed by atoms with van der Waals surface area (Å²) in [5, 5.41) is 8.99. The Morgan fingerprint density at radius 2 is 1.81 bits per heavy atom. The van der Waals surface area contributed by atoms with Gasteiger partial charge in [-0.25, -0.2) is 9.10 Å². The van der Waals surface area contributed by atoms with Crippen LogP contribution >= 0.6 is 11.9 Å². The molecule has 3 aromatic rings. The number of nitrogens with zero attached hydrogens (tertiary/aromatic N) is 1. The van der Waals surface area contributed by atoms with Crippen molar-refractivity contribution in [1.29, 1.82) is 0 Å². The highest BCUT2D eigenvalue weighted by Crippen LogP contribution is 2.42. The molecule has 0 aliphatic carbocycles. The zero-order valence-corrected chi connectivity index (χ0v) is 18.1. The number of carboxylic acid groups (broad SMARTS) is 1. The number of aliphatic carboxylic acids is 1. The topological polar surface area (TPSA) is 75.8 Å². The van der Waals surface area contributed by atoms with Gasteiger partial charge in [-0.1, -0.05) is 48.4 Å². The third-order valence-electron chi connectivity index (χ3n) is 5.16. The minimum Gasteiger partial charge on any atom is -0.480 e. The average Bonchev–Trinajstić information content (AvgIpc) is 2.78. The van der Waals surface area contributed by atoms with Crippen molar-refractivity contribution in [3.8, 4) is 18.1 Å². The number of terminal acetylenes is 1. The van der Waals surface area contributed by atoms with E-state index in [1.807, 2.05) is 66.7 Å². The van der Waals surface area contributed by atoms with Crippen LogP contribution in [0.4, 0.5) is 0 Å². The largest absolute Gasteiger partial charge is 0.480 e. The number of carbonyl (C=O) groups is 1. The van der Waals surface area contributed by atoms with Gasteiger partial charge in [0.15, 0.2) is 5.60 Å². The Labute approximate surface area is 191 Å². The molecule has 0 saturated carbocycles. The number of nitrogens with two attached hydrogens (primary N) is 1. The van der Waals surface area contributed by atoms with Crippen LogP contribution in [0.1, 0.15) is 16.7 Å². The SMILES string of the molecule is C#Cc1ccc(OC2(c3ccccc3)CN(Sc3cccc(/C=C(/N)C(=O)O)c3)C2)cc1. The van der Waals surface area contributed by atoms with Gasteiger partial charge in [-0.05, 0) is 65.5 Å².